The van der Waals surface area contributed by atoms with E-state index in [2.05, 4.69) is 48.9 Å². The van der Waals surface area contributed by atoms with Gasteiger partial charge in [-0.1, -0.05) is 42.2 Å². The number of hydrogen-bond acceptors (Lipinski definition) is 11. The highest BCUT2D eigenvalue weighted by atomic mass is 32.2. The summed E-state index contributed by atoms with van der Waals surface area (Å²) in [7, 11) is -6.68. The molecule has 0 bridgehead atoms. The molecule has 402 valence electrons. The van der Waals surface area contributed by atoms with Gasteiger partial charge >= 0.3 is 5.51 Å². The maximum Gasteiger partial charge on any atom is 0.501 e. The zero-order valence-corrected chi connectivity index (χ0v) is 44.9. The Hall–Kier alpha value is -6.18. The second-order valence-corrected chi connectivity index (χ2v) is 23.5. The number of carbonyl (C=O) groups excluding carboxylic acids is 1. The van der Waals surface area contributed by atoms with Gasteiger partial charge in [-0.2, -0.15) is 13.2 Å². The van der Waals surface area contributed by atoms with E-state index in [4.69, 9.17) is 4.74 Å². The highest BCUT2D eigenvalue weighted by molar-refractivity contribution is 7.99. The summed E-state index contributed by atoms with van der Waals surface area (Å²) < 4.78 is 121. The Labute approximate surface area is 447 Å². The summed E-state index contributed by atoms with van der Waals surface area (Å²) in [4.78, 5) is 20.0. The van der Waals surface area contributed by atoms with Crippen LogP contribution in [0.3, 0.4) is 0 Å². The number of nitrogens with one attached hydrogen (secondary N) is 3. The van der Waals surface area contributed by atoms with Crippen LogP contribution in [-0.2, 0) is 31.6 Å². The number of rotatable bonds is 19. The van der Waals surface area contributed by atoms with E-state index in [1.54, 1.807) is 24.3 Å². The maximum atomic E-state index is 14.3. The molecule has 2 saturated heterocycles. The van der Waals surface area contributed by atoms with Crippen molar-refractivity contribution < 1.29 is 43.9 Å². The van der Waals surface area contributed by atoms with Crippen LogP contribution in [0.2, 0.25) is 0 Å². The van der Waals surface area contributed by atoms with E-state index in [0.717, 1.165) is 73.1 Å². The molecule has 1 unspecified atom stereocenters. The first-order chi connectivity index (χ1) is 36.4. The Kier molecular flexibility index (Phi) is 18.3. The third-order valence-electron chi connectivity index (χ3n) is 13.5. The average molecular weight is 1100 g/mol. The van der Waals surface area contributed by atoms with Crippen LogP contribution >= 0.6 is 11.8 Å². The van der Waals surface area contributed by atoms with E-state index in [9.17, 15) is 39.2 Å². The van der Waals surface area contributed by atoms with Crippen molar-refractivity contribution in [1.82, 2.24) is 24.6 Å². The van der Waals surface area contributed by atoms with Crippen LogP contribution in [0.4, 0.5) is 28.9 Å². The van der Waals surface area contributed by atoms with E-state index in [1.165, 1.54) is 36.0 Å². The maximum absolute atomic E-state index is 14.3. The van der Waals surface area contributed by atoms with Crippen molar-refractivity contribution in [3.8, 4) is 34.2 Å². The fraction of sp³-hybridized carbons (Fsp3) is 0.339. The van der Waals surface area contributed by atoms with Crippen molar-refractivity contribution in [2.24, 2.45) is 7.05 Å². The van der Waals surface area contributed by atoms with E-state index < -0.39 is 41.2 Å². The Morgan fingerprint density at radius 2 is 1.45 bits per heavy atom. The number of morpholine rings is 1. The number of halogens is 4. The summed E-state index contributed by atoms with van der Waals surface area (Å²) in [6, 6.07) is 31.1. The van der Waals surface area contributed by atoms with Gasteiger partial charge in [-0.05, 0) is 135 Å². The molecule has 1 atom stereocenters. The van der Waals surface area contributed by atoms with Gasteiger partial charge in [0.2, 0.25) is 0 Å². The van der Waals surface area contributed by atoms with Crippen LogP contribution in [-0.4, -0.2) is 138 Å². The molecule has 1 amide bonds. The molecule has 8 rings (SSSR count). The predicted octanol–water partition coefficient (Wildman–Crippen LogP) is 8.96. The summed E-state index contributed by atoms with van der Waals surface area (Å²) >= 11 is 1.46. The summed E-state index contributed by atoms with van der Waals surface area (Å²) in [5.41, 5.74) is -0.897. The third kappa shape index (κ3) is 14.0. The number of thioether (sulfide) groups is 1. The minimum atomic E-state index is -6.03. The molecule has 76 heavy (non-hydrogen) atoms. The number of piperazine rings is 1. The minimum Gasteiger partial charge on any atom is -0.380 e. The third-order valence-corrected chi connectivity index (χ3v) is 17.6. The quantitative estimate of drug-likeness (QED) is 0.0310. The molecular formula is C56H61F4N7O6S3. The van der Waals surface area contributed by atoms with E-state index in [1.807, 2.05) is 73.1 Å². The van der Waals surface area contributed by atoms with Crippen LogP contribution in [0, 0.1) is 24.6 Å². The number of aromatic nitrogens is 1. The molecule has 0 aliphatic carbocycles. The summed E-state index contributed by atoms with van der Waals surface area (Å²) in [5.74, 6) is 6.00. The number of nitrogens with zero attached hydrogens (tertiary/aromatic N) is 4. The molecule has 2 aliphatic rings. The van der Waals surface area contributed by atoms with Gasteiger partial charge < -0.3 is 29.7 Å². The van der Waals surface area contributed by atoms with Crippen molar-refractivity contribution in [2.45, 2.75) is 46.0 Å². The lowest BCUT2D eigenvalue weighted by Crippen LogP contribution is -2.45. The average Bonchev–Trinajstić information content (AvgIpc) is 3.71. The molecule has 2 aliphatic heterocycles. The van der Waals surface area contributed by atoms with Crippen LogP contribution in [0.5, 0.6) is 0 Å². The van der Waals surface area contributed by atoms with Crippen molar-refractivity contribution in [3.05, 3.63) is 150 Å². The van der Waals surface area contributed by atoms with Gasteiger partial charge in [0.1, 0.15) is 10.7 Å². The molecule has 3 N–H and O–H groups in total. The van der Waals surface area contributed by atoms with Gasteiger partial charge in [-0.25, -0.2) is 21.2 Å². The Morgan fingerprint density at radius 3 is 2.14 bits per heavy atom. The number of sulfonamides is 1. The normalized spacial score (nSPS) is 15.4. The lowest BCUT2D eigenvalue weighted by molar-refractivity contribution is -0.0435. The standard InChI is InChI=1S/C56H61F4N7O6S3/c1-40-52(55(68)61-26-8-27-66-31-29-64(2)30-32-66)53(54(65(40)3)43-17-19-45(57)20-18-43)44-10-7-9-42(37-44)14-13-41-15-21-46(22-16-41)63-76(71,72)49-23-24-50(51(38-49)75(69,70)56(58,59)60)62-47(25-28-67-33-35-73-36-34-67)39-74-48-11-5-4-6-12-48/h4-7,9-12,15-24,37-38,47,62-63H,8,25-36,39H2,1-3H3,(H,61,68). The number of likely N-dealkylation sites (N-methyl/N-ethyl adjacent to an activating group) is 1. The molecule has 0 radical (unpaired) electrons. The lowest BCUT2D eigenvalue weighted by atomic mass is 9.95. The summed E-state index contributed by atoms with van der Waals surface area (Å²) in [5, 5.41) is 6.17. The first kappa shape index (κ1) is 56.0. The number of anilines is 2. The van der Waals surface area contributed by atoms with Crippen molar-refractivity contribution in [3.63, 3.8) is 0 Å². The van der Waals surface area contributed by atoms with Gasteiger partial charge in [0.25, 0.3) is 25.8 Å². The number of benzene rings is 5. The topological polar surface area (TPSA) is 145 Å². The highest BCUT2D eigenvalue weighted by Crippen LogP contribution is 2.40. The lowest BCUT2D eigenvalue weighted by Gasteiger charge is -2.32. The van der Waals surface area contributed by atoms with Gasteiger partial charge in [0, 0.05) is 104 Å². The number of carbonyl (C=O) groups is 1. The first-order valence-corrected chi connectivity index (χ1v) is 28.9. The molecule has 5 aromatic carbocycles. The molecule has 0 spiro atoms. The second kappa shape index (κ2) is 24.9. The SMILES string of the molecule is Cc1c(C(=O)NCCCN2CCN(C)CC2)c(-c2cccc(C#Cc3ccc(NS(=O)(=O)c4ccc(NC(CCN5CCOCC5)CSc5ccccc5)c(S(=O)(=O)C(F)(F)F)c4)cc3)c2)c(-c2ccc(F)cc2)n1C. The second-order valence-electron chi connectivity index (χ2n) is 18.8. The largest absolute Gasteiger partial charge is 0.501 e. The summed E-state index contributed by atoms with van der Waals surface area (Å²) in [6.07, 6.45) is 1.24. The van der Waals surface area contributed by atoms with E-state index in [-0.39, 0.29) is 23.1 Å². The molecular weight excluding hydrogens is 1040 g/mol. The molecule has 2 fully saturated rings. The van der Waals surface area contributed by atoms with Crippen molar-refractivity contribution in [2.75, 3.05) is 95.0 Å². The molecule has 6 aromatic rings. The predicted molar refractivity (Wildman–Crippen MR) is 291 cm³/mol. The monoisotopic (exact) mass is 1100 g/mol. The van der Waals surface area contributed by atoms with Crippen LogP contribution < -0.4 is 15.4 Å². The van der Waals surface area contributed by atoms with Crippen molar-refractivity contribution >= 4 is 48.9 Å². The summed E-state index contributed by atoms with van der Waals surface area (Å²) in [6.45, 7) is 10.2. The van der Waals surface area contributed by atoms with Gasteiger partial charge in [0.05, 0.1) is 35.1 Å². The van der Waals surface area contributed by atoms with Crippen LogP contribution in [0.1, 0.15) is 40.0 Å². The van der Waals surface area contributed by atoms with E-state index >= 15 is 0 Å². The molecule has 13 nitrogen and oxygen atoms in total. The minimum absolute atomic E-state index is 0.0500. The smallest absolute Gasteiger partial charge is 0.380 e. The fourth-order valence-corrected chi connectivity index (χ4v) is 12.2. The Bertz CT molecular complexity index is 3260. The zero-order valence-electron chi connectivity index (χ0n) is 42.5. The first-order valence-electron chi connectivity index (χ1n) is 25.0. The fourth-order valence-electron chi connectivity index (χ4n) is 9.13. The van der Waals surface area contributed by atoms with Gasteiger partial charge in [0.15, 0.2) is 0 Å². The molecule has 1 aromatic heterocycles. The highest BCUT2D eigenvalue weighted by Gasteiger charge is 2.48. The van der Waals surface area contributed by atoms with Crippen LogP contribution in [0.25, 0.3) is 22.4 Å². The number of alkyl halides is 3. The number of hydrogen-bond donors (Lipinski definition) is 3. The van der Waals surface area contributed by atoms with Crippen molar-refractivity contribution in [1.29, 1.82) is 0 Å². The van der Waals surface area contributed by atoms with E-state index in [0.29, 0.717) is 85.5 Å². The zero-order chi connectivity index (χ0) is 54.0. The Morgan fingerprint density at radius 1 is 0.763 bits per heavy atom. The Balaban J connectivity index is 1.00. The number of sulfone groups is 1. The van der Waals surface area contributed by atoms with Crippen LogP contribution in [0.15, 0.2) is 136 Å². The van der Waals surface area contributed by atoms with Gasteiger partial charge in [-0.3, -0.25) is 14.4 Å². The molecule has 3 heterocycles. The molecule has 0 saturated carbocycles. The number of amides is 1. The molecule has 20 heteroatoms. The number of ether oxygens (including phenoxy) is 1. The van der Waals surface area contributed by atoms with Gasteiger partial charge in [-0.15, -0.1) is 11.8 Å².